The summed E-state index contributed by atoms with van der Waals surface area (Å²) in [6, 6.07) is 24.1. The molecule has 0 aliphatic carbocycles. The zero-order valence-corrected chi connectivity index (χ0v) is 35.1. The Morgan fingerprint density at radius 2 is 1.21 bits per heavy atom. The maximum Gasteiger partial charge on any atom is 0.280 e. The Bertz CT molecular complexity index is 3130. The Balaban J connectivity index is 1.03. The van der Waals surface area contributed by atoms with Gasteiger partial charge in [0.1, 0.15) is 47.1 Å². The van der Waals surface area contributed by atoms with Crippen LogP contribution in [0, 0.1) is 0 Å². The molecule has 67 heavy (non-hydrogen) atoms. The van der Waals surface area contributed by atoms with Crippen LogP contribution < -0.4 is 10.6 Å². The lowest BCUT2D eigenvalue weighted by atomic mass is 9.99. The molecule has 0 spiro atoms. The first-order chi connectivity index (χ1) is 32.6. The lowest BCUT2D eigenvalue weighted by Crippen LogP contribution is -2.19. The van der Waals surface area contributed by atoms with Gasteiger partial charge >= 0.3 is 0 Å². The normalized spacial score (nSPS) is 15.4. The highest BCUT2D eigenvalue weighted by molar-refractivity contribution is 6.06. The van der Waals surface area contributed by atoms with E-state index in [1.54, 1.807) is 77.9 Å². The summed E-state index contributed by atoms with van der Waals surface area (Å²) in [5.41, 5.74) is 4.70. The summed E-state index contributed by atoms with van der Waals surface area (Å²) in [6.07, 6.45) is 0.707. The van der Waals surface area contributed by atoms with E-state index in [-0.39, 0.29) is 60.6 Å². The van der Waals surface area contributed by atoms with Gasteiger partial charge in [-0.2, -0.15) is 0 Å². The number of fused-ring (bicyclic) bond motifs is 10. The van der Waals surface area contributed by atoms with Gasteiger partial charge in [-0.3, -0.25) is 19.6 Å². The van der Waals surface area contributed by atoms with Crippen molar-refractivity contribution in [2.24, 2.45) is 0 Å². The third-order valence-electron chi connectivity index (χ3n) is 11.4. The number of aromatic nitrogens is 10. The third-order valence-corrected chi connectivity index (χ3v) is 11.4. The van der Waals surface area contributed by atoms with Crippen LogP contribution >= 0.6 is 0 Å². The molecule has 2 N–H and O–H groups in total. The predicted octanol–water partition coefficient (Wildman–Crippen LogP) is 8.54. The number of carbonyl (C=O) groups excluding carboxylic acids is 2. The molecule has 0 saturated heterocycles. The molecule has 2 amide bonds. The van der Waals surface area contributed by atoms with E-state index in [4.69, 9.17) is 19.4 Å². The predicted molar refractivity (Wildman–Crippen MR) is 234 cm³/mol. The van der Waals surface area contributed by atoms with Crippen LogP contribution in [0.25, 0.3) is 45.3 Å². The number of alkyl halides is 4. The average Bonchev–Trinajstić information content (AvgIpc) is 4.03. The standard InChI is InChI=1S/C47H36F4N12O4/c48-42(49)35-10-8-28(20-52-35)26-4-6-30-22-66-14-12-39(63-25-55-61-45(63)37-2-1-3-40(56-37)58-46(64)33(30)16-26)32-18-38-44-60-54-24-62(44)13-15-67-23-31-7-5-27(29-9-11-36(43(50)51)53-21-29)17-34(31)47(65)59-41(19-32)57-38/h1-11,16-21,24-25,39,42-43H,12-15,22-23H2,(H,56,58,64)(H,57,59,65). The second-order valence-corrected chi connectivity index (χ2v) is 15.6. The van der Waals surface area contributed by atoms with Crippen LogP contribution in [0.3, 0.4) is 0 Å². The van der Waals surface area contributed by atoms with Crippen molar-refractivity contribution in [1.29, 1.82) is 0 Å². The van der Waals surface area contributed by atoms with Crippen molar-refractivity contribution in [3.63, 3.8) is 0 Å². The lowest BCUT2D eigenvalue weighted by Gasteiger charge is -2.23. The molecule has 16 nitrogen and oxygen atoms in total. The number of hydrogen-bond donors (Lipinski definition) is 2. The van der Waals surface area contributed by atoms with Gasteiger partial charge in [-0.15, -0.1) is 20.4 Å². The molecule has 8 heterocycles. The summed E-state index contributed by atoms with van der Waals surface area (Å²) >= 11 is 0. The molecular formula is C47H36F4N12O4. The average molecular weight is 909 g/mol. The fourth-order valence-corrected chi connectivity index (χ4v) is 7.98. The van der Waals surface area contributed by atoms with Crippen LogP contribution in [0.2, 0.25) is 0 Å². The van der Waals surface area contributed by atoms with Crippen LogP contribution in [0.4, 0.5) is 29.2 Å². The molecule has 1 unspecified atom stereocenters. The number of carbonyl (C=O) groups is 2. The Labute approximate surface area is 378 Å². The van der Waals surface area contributed by atoms with E-state index >= 15 is 0 Å². The molecule has 4 bridgehead atoms. The van der Waals surface area contributed by atoms with Gasteiger partial charge in [0.25, 0.3) is 24.7 Å². The van der Waals surface area contributed by atoms with E-state index in [9.17, 15) is 27.2 Å². The van der Waals surface area contributed by atoms with Crippen molar-refractivity contribution in [1.82, 2.24) is 49.5 Å². The Morgan fingerprint density at radius 3 is 1.85 bits per heavy atom. The first kappa shape index (κ1) is 42.8. The molecule has 8 aromatic rings. The van der Waals surface area contributed by atoms with Gasteiger partial charge in [-0.25, -0.2) is 27.5 Å². The fourth-order valence-electron chi connectivity index (χ4n) is 7.98. The monoisotopic (exact) mass is 908 g/mol. The highest BCUT2D eigenvalue weighted by Gasteiger charge is 2.26. The second kappa shape index (κ2) is 18.4. The number of halogens is 4. The molecule has 2 aromatic carbocycles. The van der Waals surface area contributed by atoms with Crippen LogP contribution in [-0.2, 0) is 29.2 Å². The number of benzene rings is 2. The number of ether oxygens (including phenoxy) is 2. The van der Waals surface area contributed by atoms with Gasteiger partial charge in [0.05, 0.1) is 25.9 Å². The van der Waals surface area contributed by atoms with Gasteiger partial charge in [0.2, 0.25) is 0 Å². The number of anilines is 2. The molecule has 10 rings (SSSR count). The Kier molecular flexibility index (Phi) is 11.8. The number of nitrogens with zero attached hydrogens (tertiary/aromatic N) is 10. The minimum absolute atomic E-state index is 0.0305. The lowest BCUT2D eigenvalue weighted by molar-refractivity contribution is 0.0991. The molecule has 20 heteroatoms. The first-order valence-electron chi connectivity index (χ1n) is 21.0. The largest absolute Gasteiger partial charge is 0.377 e. The number of hydrogen-bond acceptors (Lipinski definition) is 12. The molecule has 1 atom stereocenters. The molecule has 6 aromatic heterocycles. The topological polar surface area (TPSA) is 190 Å². The van der Waals surface area contributed by atoms with Crippen molar-refractivity contribution in [2.45, 2.75) is 45.1 Å². The summed E-state index contributed by atoms with van der Waals surface area (Å²) in [5, 5.41) is 23.2. The van der Waals surface area contributed by atoms with Gasteiger partial charge in [0.15, 0.2) is 11.6 Å². The van der Waals surface area contributed by atoms with Gasteiger partial charge in [-0.05, 0) is 82.8 Å². The van der Waals surface area contributed by atoms with E-state index in [2.05, 4.69) is 41.0 Å². The van der Waals surface area contributed by atoms with Crippen LogP contribution in [0.5, 0.6) is 0 Å². The van der Waals surface area contributed by atoms with E-state index in [1.807, 2.05) is 10.6 Å². The second-order valence-electron chi connectivity index (χ2n) is 15.6. The van der Waals surface area contributed by atoms with Crippen molar-refractivity contribution >= 4 is 23.5 Å². The van der Waals surface area contributed by atoms with E-state index < -0.39 is 30.7 Å². The molecule has 0 saturated carbocycles. The Morgan fingerprint density at radius 1 is 0.612 bits per heavy atom. The summed E-state index contributed by atoms with van der Waals surface area (Å²) in [4.78, 5) is 45.7. The molecule has 336 valence electrons. The first-order valence-corrected chi connectivity index (χ1v) is 21.0. The highest BCUT2D eigenvalue weighted by Crippen LogP contribution is 2.34. The van der Waals surface area contributed by atoms with Gasteiger partial charge < -0.3 is 29.2 Å². The van der Waals surface area contributed by atoms with Crippen molar-refractivity contribution in [3.8, 4) is 45.3 Å². The highest BCUT2D eigenvalue weighted by atomic mass is 19.3. The summed E-state index contributed by atoms with van der Waals surface area (Å²) in [6.45, 7) is 0.885. The van der Waals surface area contributed by atoms with Crippen LogP contribution in [0.1, 0.15) is 74.1 Å². The summed E-state index contributed by atoms with van der Waals surface area (Å²) in [5.74, 6) is 0.239. The van der Waals surface area contributed by atoms with E-state index in [1.165, 1.54) is 36.7 Å². The molecule has 2 aliphatic rings. The number of amides is 2. The molecular weight excluding hydrogens is 873 g/mol. The van der Waals surface area contributed by atoms with Crippen molar-refractivity contribution < 1.29 is 36.6 Å². The zero-order chi connectivity index (χ0) is 46.0. The zero-order valence-electron chi connectivity index (χ0n) is 35.1. The Hall–Kier alpha value is -8.10. The van der Waals surface area contributed by atoms with Gasteiger partial charge in [0, 0.05) is 47.8 Å². The quantitative estimate of drug-likeness (QED) is 0.157. The minimum Gasteiger partial charge on any atom is -0.377 e. The molecule has 0 radical (unpaired) electrons. The third kappa shape index (κ3) is 8.99. The van der Waals surface area contributed by atoms with Crippen LogP contribution in [-0.4, -0.2) is 74.5 Å². The summed E-state index contributed by atoms with van der Waals surface area (Å²) < 4.78 is 69.2. The number of pyridine rings is 4. The van der Waals surface area contributed by atoms with Gasteiger partial charge in [-0.1, -0.05) is 42.5 Å². The minimum atomic E-state index is -2.73. The van der Waals surface area contributed by atoms with E-state index in [0.29, 0.717) is 74.9 Å². The SMILES string of the molecule is O=C1Nc2cc(C3CCOCc4ccc(-c5ccc(C(F)F)nc5)cc4C(=O)Nc4cccc(n4)-c4nncn43)cc(n2)-c2nncn2CCOCc2ccc(-c3ccc(C(F)F)nc3)cc21. The fraction of sp³-hybridized carbons (Fsp3) is 0.191. The number of nitrogens with one attached hydrogen (secondary N) is 2. The maximum atomic E-state index is 14.4. The molecule has 2 aliphatic heterocycles. The number of rotatable bonds is 5. The van der Waals surface area contributed by atoms with E-state index in [0.717, 1.165) is 0 Å². The molecule has 0 fully saturated rings. The smallest absolute Gasteiger partial charge is 0.280 e. The van der Waals surface area contributed by atoms with Crippen LogP contribution in [0.15, 0.2) is 116 Å². The van der Waals surface area contributed by atoms with Crippen molar-refractivity contribution in [3.05, 3.63) is 155 Å². The summed E-state index contributed by atoms with van der Waals surface area (Å²) in [7, 11) is 0. The maximum absolute atomic E-state index is 14.4. The van der Waals surface area contributed by atoms with Crippen molar-refractivity contribution in [2.75, 3.05) is 23.8 Å².